The first-order valence-electron chi connectivity index (χ1n) is 8.64. The van der Waals surface area contributed by atoms with Gasteiger partial charge in [-0.1, -0.05) is 6.08 Å². The van der Waals surface area contributed by atoms with E-state index in [4.69, 9.17) is 11.1 Å². The number of allylic oxidation sites excluding steroid dienone is 1. The number of pyridine rings is 1. The van der Waals surface area contributed by atoms with Crippen LogP contribution in [0.15, 0.2) is 12.3 Å². The van der Waals surface area contributed by atoms with E-state index in [1.807, 2.05) is 6.92 Å². The van der Waals surface area contributed by atoms with Gasteiger partial charge in [0.15, 0.2) is 0 Å². The van der Waals surface area contributed by atoms with Gasteiger partial charge in [-0.15, -0.1) is 0 Å². The zero-order chi connectivity index (χ0) is 18.6. The number of hydrogen-bond acceptors (Lipinski definition) is 5. The Kier molecular flexibility index (Phi) is 6.95. The van der Waals surface area contributed by atoms with Crippen molar-refractivity contribution in [2.45, 2.75) is 58.2 Å². The average Bonchev–Trinajstić information content (AvgIpc) is 2.55. The summed E-state index contributed by atoms with van der Waals surface area (Å²) < 4.78 is 12.9. The largest absolute Gasteiger partial charge is 0.383 e. The summed E-state index contributed by atoms with van der Waals surface area (Å²) in [7, 11) is 0. The van der Waals surface area contributed by atoms with Crippen LogP contribution in [0.4, 0.5) is 15.9 Å². The quantitative estimate of drug-likeness (QED) is 0.508. The first-order chi connectivity index (χ1) is 11.8. The molecule has 0 aromatic carbocycles. The zero-order valence-electron chi connectivity index (χ0n) is 15.0. The maximum Gasteiger partial charge on any atom is 0.135 e. The molecule has 0 fully saturated rings. The molecule has 0 saturated carbocycles. The van der Waals surface area contributed by atoms with Crippen molar-refractivity contribution in [2.75, 3.05) is 17.7 Å². The lowest BCUT2D eigenvalue weighted by atomic mass is 9.89. The molecule has 5 nitrogen and oxygen atoms in total. The predicted molar refractivity (Wildman–Crippen MR) is 107 cm³/mol. The molecule has 1 aliphatic rings. The van der Waals surface area contributed by atoms with Crippen molar-refractivity contribution in [3.05, 3.63) is 23.4 Å². The summed E-state index contributed by atoms with van der Waals surface area (Å²) in [5, 5.41) is 14.7. The predicted octanol–water partition coefficient (Wildman–Crippen LogP) is 4.09. The van der Waals surface area contributed by atoms with E-state index in [9.17, 15) is 4.39 Å². The number of anilines is 2. The van der Waals surface area contributed by atoms with Crippen LogP contribution in [0, 0.1) is 5.41 Å². The molecule has 0 saturated heterocycles. The molecule has 7 heteroatoms. The number of nitrogens with zero attached hydrogens (tertiary/aromatic N) is 1. The molecule has 0 bridgehead atoms. The highest BCUT2D eigenvalue weighted by molar-refractivity contribution is 9.18. The van der Waals surface area contributed by atoms with Crippen LogP contribution in [-0.2, 0) is 0 Å². The van der Waals surface area contributed by atoms with Gasteiger partial charge in [0.25, 0.3) is 0 Å². The summed E-state index contributed by atoms with van der Waals surface area (Å²) in [4.78, 5) is 4.29. The molecule has 0 amide bonds. The first-order valence-corrected chi connectivity index (χ1v) is 9.43. The standard InChI is InChI=1S/C18H27BrFN5/c1-10(2)24-16-14(9-23-18(22)15(16)17(19)21)12-4-6-13(7-5-12)25-11(3)8-20/h4,9-11,13,21,25H,5-8H2,1-3H3,(H3,22,23,24). The van der Waals surface area contributed by atoms with Crippen molar-refractivity contribution in [3.63, 3.8) is 0 Å². The topological polar surface area (TPSA) is 86.8 Å². The van der Waals surface area contributed by atoms with Crippen LogP contribution in [0.5, 0.6) is 0 Å². The summed E-state index contributed by atoms with van der Waals surface area (Å²) in [6, 6.07) is 0.388. The van der Waals surface area contributed by atoms with E-state index in [1.165, 1.54) is 5.57 Å². The Labute approximate surface area is 157 Å². The van der Waals surface area contributed by atoms with Crippen molar-refractivity contribution >= 4 is 37.6 Å². The van der Waals surface area contributed by atoms with Crippen molar-refractivity contribution in [2.24, 2.45) is 0 Å². The lowest BCUT2D eigenvalue weighted by Crippen LogP contribution is -2.38. The highest BCUT2D eigenvalue weighted by atomic mass is 79.9. The minimum Gasteiger partial charge on any atom is -0.383 e. The van der Waals surface area contributed by atoms with Gasteiger partial charge < -0.3 is 16.4 Å². The summed E-state index contributed by atoms with van der Waals surface area (Å²) in [6.45, 7) is 5.61. The van der Waals surface area contributed by atoms with Gasteiger partial charge in [-0.3, -0.25) is 5.41 Å². The number of halogens is 2. The van der Waals surface area contributed by atoms with E-state index >= 15 is 0 Å². The lowest BCUT2D eigenvalue weighted by Gasteiger charge is -2.27. The second kappa shape index (κ2) is 8.76. The van der Waals surface area contributed by atoms with Crippen LogP contribution in [0.3, 0.4) is 0 Å². The lowest BCUT2D eigenvalue weighted by molar-refractivity contribution is 0.347. The molecule has 2 unspecified atom stereocenters. The van der Waals surface area contributed by atoms with E-state index in [0.29, 0.717) is 17.4 Å². The number of nitrogens with one attached hydrogen (secondary N) is 3. The summed E-state index contributed by atoms with van der Waals surface area (Å²) >= 11 is 3.24. The molecule has 0 aliphatic heterocycles. The fourth-order valence-corrected chi connectivity index (χ4v) is 3.51. The normalized spacial score (nSPS) is 18.8. The first kappa shape index (κ1) is 19.8. The van der Waals surface area contributed by atoms with Gasteiger partial charge in [0.1, 0.15) is 17.1 Å². The minimum absolute atomic E-state index is 0.114. The summed E-state index contributed by atoms with van der Waals surface area (Å²) in [5.74, 6) is 0.335. The molecule has 1 aliphatic carbocycles. The Balaban J connectivity index is 2.33. The van der Waals surface area contributed by atoms with Gasteiger partial charge in [-0.25, -0.2) is 9.37 Å². The Morgan fingerprint density at radius 2 is 2.20 bits per heavy atom. The number of nitrogen functional groups attached to an aromatic ring is 1. The van der Waals surface area contributed by atoms with Crippen LogP contribution in [-0.4, -0.2) is 34.4 Å². The molecule has 5 N–H and O–H groups in total. The van der Waals surface area contributed by atoms with Crippen LogP contribution in [0.1, 0.15) is 51.2 Å². The zero-order valence-corrected chi connectivity index (χ0v) is 16.6. The van der Waals surface area contributed by atoms with Gasteiger partial charge >= 0.3 is 0 Å². The molecule has 2 atom stereocenters. The third kappa shape index (κ3) is 5.01. The Bertz CT molecular complexity index is 659. The third-order valence-corrected chi connectivity index (χ3v) is 4.67. The number of nitrogens with two attached hydrogens (primary N) is 1. The molecule has 1 aromatic rings. The highest BCUT2D eigenvalue weighted by Crippen LogP contribution is 2.36. The molecule has 1 heterocycles. The summed E-state index contributed by atoms with van der Waals surface area (Å²) in [5.41, 5.74) is 9.62. The Morgan fingerprint density at radius 1 is 1.48 bits per heavy atom. The van der Waals surface area contributed by atoms with Gasteiger partial charge in [-0.2, -0.15) is 0 Å². The van der Waals surface area contributed by atoms with Crippen molar-refractivity contribution in [1.82, 2.24) is 10.3 Å². The molecule has 25 heavy (non-hydrogen) atoms. The number of hydrogen-bond donors (Lipinski definition) is 4. The molecule has 138 valence electrons. The second-order valence-electron chi connectivity index (χ2n) is 6.84. The molecule has 2 rings (SSSR count). The third-order valence-electron chi connectivity index (χ3n) is 4.27. The fraction of sp³-hybridized carbons (Fsp3) is 0.556. The highest BCUT2D eigenvalue weighted by Gasteiger charge is 2.22. The van der Waals surface area contributed by atoms with Gasteiger partial charge in [0.2, 0.25) is 0 Å². The molecular weight excluding hydrogens is 385 g/mol. The number of rotatable bonds is 7. The molecule has 0 radical (unpaired) electrons. The average molecular weight is 412 g/mol. The Hall–Kier alpha value is -1.47. The smallest absolute Gasteiger partial charge is 0.135 e. The SMILES string of the molecule is CC(C)Nc1c(C2=CCC(NC(C)CF)CC2)cnc(N)c1C(=N)Br. The van der Waals surface area contributed by atoms with Crippen molar-refractivity contribution < 1.29 is 4.39 Å². The maximum atomic E-state index is 12.7. The number of aromatic nitrogens is 1. The summed E-state index contributed by atoms with van der Waals surface area (Å²) in [6.07, 6.45) is 6.65. The maximum absolute atomic E-state index is 12.7. The number of alkyl halides is 1. The van der Waals surface area contributed by atoms with E-state index in [-0.39, 0.29) is 23.4 Å². The molecular formula is C18H27BrFN5. The van der Waals surface area contributed by atoms with Crippen LogP contribution in [0.2, 0.25) is 0 Å². The van der Waals surface area contributed by atoms with Gasteiger partial charge in [0.05, 0.1) is 11.3 Å². The monoisotopic (exact) mass is 411 g/mol. The Morgan fingerprint density at radius 3 is 2.72 bits per heavy atom. The van der Waals surface area contributed by atoms with Crippen LogP contribution < -0.4 is 16.4 Å². The molecule has 0 spiro atoms. The van der Waals surface area contributed by atoms with Crippen LogP contribution in [0.25, 0.3) is 5.57 Å². The van der Waals surface area contributed by atoms with Crippen molar-refractivity contribution in [1.29, 1.82) is 5.41 Å². The minimum atomic E-state index is -0.353. The van der Waals surface area contributed by atoms with Gasteiger partial charge in [0, 0.05) is 29.9 Å². The van der Waals surface area contributed by atoms with E-state index in [1.54, 1.807) is 6.20 Å². The fourth-order valence-electron chi connectivity index (χ4n) is 3.11. The molecule has 1 aromatic heterocycles. The second-order valence-corrected chi connectivity index (χ2v) is 7.64. The van der Waals surface area contributed by atoms with Gasteiger partial charge in [-0.05, 0) is 61.5 Å². The van der Waals surface area contributed by atoms with Crippen LogP contribution >= 0.6 is 15.9 Å². The van der Waals surface area contributed by atoms with E-state index in [0.717, 1.165) is 30.5 Å². The van der Waals surface area contributed by atoms with E-state index in [2.05, 4.69) is 51.5 Å². The van der Waals surface area contributed by atoms with E-state index < -0.39 is 0 Å². The van der Waals surface area contributed by atoms with Crippen molar-refractivity contribution in [3.8, 4) is 0 Å².